The van der Waals surface area contributed by atoms with Crippen LogP contribution in [0.3, 0.4) is 0 Å². The average Bonchev–Trinajstić information content (AvgIpc) is 2.19. The topological polar surface area (TPSA) is 12.4 Å². The van der Waals surface area contributed by atoms with Crippen LogP contribution >= 0.6 is 0 Å². The van der Waals surface area contributed by atoms with Gasteiger partial charge in [-0.25, -0.2) is 0 Å². The Balaban J connectivity index is 2.72. The molecule has 0 amide bonds. The molecule has 0 aromatic heterocycles. The van der Waals surface area contributed by atoms with Gasteiger partial charge in [-0.15, -0.1) is 0 Å². The van der Waals surface area contributed by atoms with E-state index >= 15 is 0 Å². The lowest BCUT2D eigenvalue weighted by molar-refractivity contribution is 0.693. The first kappa shape index (κ1) is 9.97. The van der Waals surface area contributed by atoms with E-state index in [2.05, 4.69) is 17.6 Å². The molecular weight excluding hydrogens is 158 g/mol. The second-order valence-corrected chi connectivity index (χ2v) is 3.18. The Labute approximate surface area is 80.6 Å². The smallest absolute Gasteiger partial charge is 0.0266 e. The van der Waals surface area contributed by atoms with Gasteiger partial charge in [0.15, 0.2) is 0 Å². The molecule has 70 valence electrons. The Kier molecular flexibility index (Phi) is 4.24. The summed E-state index contributed by atoms with van der Waals surface area (Å²) in [7, 11) is 0. The fourth-order valence-electron chi connectivity index (χ4n) is 1.59. The first-order chi connectivity index (χ1) is 6.38. The van der Waals surface area contributed by atoms with Crippen LogP contribution < -0.4 is 0 Å². The van der Waals surface area contributed by atoms with Crippen LogP contribution in [0.25, 0.3) is 0 Å². The molecule has 0 unspecified atom stereocenters. The van der Waals surface area contributed by atoms with Crippen LogP contribution in [0.4, 0.5) is 0 Å². The molecule has 0 N–H and O–H groups in total. The summed E-state index contributed by atoms with van der Waals surface area (Å²) in [5.41, 5.74) is 2.81. The quantitative estimate of drug-likeness (QED) is 0.581. The second-order valence-electron chi connectivity index (χ2n) is 3.18. The van der Waals surface area contributed by atoms with Crippen LogP contribution in [0.2, 0.25) is 0 Å². The molecule has 0 bridgehead atoms. The third-order valence-corrected chi connectivity index (χ3v) is 2.31. The number of rotatable bonds is 3. The molecule has 0 saturated heterocycles. The van der Waals surface area contributed by atoms with Gasteiger partial charge < -0.3 is 0 Å². The molecule has 0 aliphatic heterocycles. The van der Waals surface area contributed by atoms with Gasteiger partial charge in [-0.3, -0.25) is 4.99 Å². The predicted molar refractivity (Wildman–Crippen MR) is 59.0 cm³/mol. The number of allylic oxidation sites excluding steroid dienone is 4. The van der Waals surface area contributed by atoms with E-state index in [4.69, 9.17) is 0 Å². The minimum Gasteiger partial charge on any atom is -0.269 e. The van der Waals surface area contributed by atoms with Crippen molar-refractivity contribution < 1.29 is 0 Å². The van der Waals surface area contributed by atoms with Crippen molar-refractivity contribution >= 4 is 6.21 Å². The Morgan fingerprint density at radius 1 is 1.23 bits per heavy atom. The fraction of sp³-hybridized carbons (Fsp3) is 0.417. The van der Waals surface area contributed by atoms with E-state index in [-0.39, 0.29) is 0 Å². The van der Waals surface area contributed by atoms with Gasteiger partial charge in [0.05, 0.1) is 0 Å². The summed E-state index contributed by atoms with van der Waals surface area (Å²) in [6.45, 7) is 5.76. The van der Waals surface area contributed by atoms with Gasteiger partial charge in [-0.1, -0.05) is 12.7 Å². The molecule has 1 aliphatic carbocycles. The molecule has 0 fully saturated rings. The van der Waals surface area contributed by atoms with Gasteiger partial charge in [0.25, 0.3) is 0 Å². The predicted octanol–water partition coefficient (Wildman–Crippen LogP) is 3.65. The zero-order valence-electron chi connectivity index (χ0n) is 8.29. The van der Waals surface area contributed by atoms with E-state index in [1.165, 1.54) is 36.8 Å². The van der Waals surface area contributed by atoms with Crippen molar-refractivity contribution in [3.63, 3.8) is 0 Å². The van der Waals surface area contributed by atoms with E-state index in [1.54, 1.807) is 6.21 Å². The van der Waals surface area contributed by atoms with Crippen molar-refractivity contribution in [2.75, 3.05) is 0 Å². The van der Waals surface area contributed by atoms with Gasteiger partial charge in [-0.05, 0) is 49.8 Å². The first-order valence-electron chi connectivity index (χ1n) is 4.87. The Morgan fingerprint density at radius 2 is 1.92 bits per heavy atom. The maximum Gasteiger partial charge on any atom is 0.0266 e. The van der Waals surface area contributed by atoms with Gasteiger partial charge in [-0.2, -0.15) is 0 Å². The molecule has 1 nitrogen and oxygen atoms in total. The molecule has 1 rings (SSSR count). The molecule has 0 atom stereocenters. The molecule has 13 heavy (non-hydrogen) atoms. The SMILES string of the molecule is C=CC1=C(/C=C\N=C\C)CCCC1. The van der Waals surface area contributed by atoms with Gasteiger partial charge in [0.2, 0.25) is 0 Å². The minimum atomic E-state index is 1.18. The molecule has 1 aliphatic rings. The number of nitrogens with zero attached hydrogens (tertiary/aromatic N) is 1. The van der Waals surface area contributed by atoms with Gasteiger partial charge >= 0.3 is 0 Å². The normalized spacial score (nSPS) is 18.8. The molecule has 0 aromatic rings. The number of hydrogen-bond donors (Lipinski definition) is 0. The van der Waals surface area contributed by atoms with Crippen molar-refractivity contribution in [1.82, 2.24) is 0 Å². The highest BCUT2D eigenvalue weighted by Gasteiger charge is 2.06. The zero-order chi connectivity index (χ0) is 9.52. The molecule has 0 spiro atoms. The van der Waals surface area contributed by atoms with Crippen molar-refractivity contribution in [2.24, 2.45) is 4.99 Å². The minimum absolute atomic E-state index is 1.18. The van der Waals surface area contributed by atoms with E-state index in [1.807, 2.05) is 19.2 Å². The van der Waals surface area contributed by atoms with Crippen LogP contribution in [0.1, 0.15) is 32.6 Å². The Morgan fingerprint density at radius 3 is 2.54 bits per heavy atom. The van der Waals surface area contributed by atoms with E-state index < -0.39 is 0 Å². The number of aliphatic imine (C=N–C) groups is 1. The average molecular weight is 175 g/mol. The summed E-state index contributed by atoms with van der Waals surface area (Å²) >= 11 is 0. The maximum atomic E-state index is 4.06. The molecule has 0 aromatic carbocycles. The van der Waals surface area contributed by atoms with Gasteiger partial charge in [0, 0.05) is 12.4 Å². The largest absolute Gasteiger partial charge is 0.269 e. The van der Waals surface area contributed by atoms with Crippen molar-refractivity contribution in [3.8, 4) is 0 Å². The summed E-state index contributed by atoms with van der Waals surface area (Å²) in [5.74, 6) is 0. The lowest BCUT2D eigenvalue weighted by atomic mass is 9.92. The van der Waals surface area contributed by atoms with E-state index in [0.717, 1.165) is 0 Å². The monoisotopic (exact) mass is 175 g/mol. The first-order valence-corrected chi connectivity index (χ1v) is 4.87. The number of hydrogen-bond acceptors (Lipinski definition) is 1. The third kappa shape index (κ3) is 3.02. The Hall–Kier alpha value is -1.11. The molecule has 0 heterocycles. The zero-order valence-corrected chi connectivity index (χ0v) is 8.29. The third-order valence-electron chi connectivity index (χ3n) is 2.31. The van der Waals surface area contributed by atoms with Crippen LogP contribution in [-0.2, 0) is 0 Å². The fourth-order valence-corrected chi connectivity index (χ4v) is 1.59. The van der Waals surface area contributed by atoms with Crippen molar-refractivity contribution in [1.29, 1.82) is 0 Å². The highest BCUT2D eigenvalue weighted by molar-refractivity contribution is 5.54. The van der Waals surface area contributed by atoms with Crippen LogP contribution in [0, 0.1) is 0 Å². The second kappa shape index (κ2) is 5.52. The summed E-state index contributed by atoms with van der Waals surface area (Å²) in [4.78, 5) is 4.06. The van der Waals surface area contributed by atoms with Crippen LogP contribution in [0.5, 0.6) is 0 Å². The molecule has 1 heteroatoms. The lowest BCUT2D eigenvalue weighted by Crippen LogP contribution is -1.95. The van der Waals surface area contributed by atoms with Crippen molar-refractivity contribution in [3.05, 3.63) is 36.1 Å². The van der Waals surface area contributed by atoms with Crippen LogP contribution in [0.15, 0.2) is 41.1 Å². The molecule has 0 saturated carbocycles. The maximum absolute atomic E-state index is 4.06. The van der Waals surface area contributed by atoms with Gasteiger partial charge in [0.1, 0.15) is 0 Å². The van der Waals surface area contributed by atoms with Crippen molar-refractivity contribution in [2.45, 2.75) is 32.6 Å². The summed E-state index contributed by atoms with van der Waals surface area (Å²) < 4.78 is 0. The standard InChI is InChI=1S/C12H17N/c1-3-11-7-5-6-8-12(11)9-10-13-4-2/h3-4,9-10H,1,5-8H2,2H3/b10-9-,13-4+. The Bertz CT molecular complexity index is 256. The van der Waals surface area contributed by atoms with Crippen LogP contribution in [-0.4, -0.2) is 6.21 Å². The van der Waals surface area contributed by atoms with E-state index in [9.17, 15) is 0 Å². The highest BCUT2D eigenvalue weighted by Crippen LogP contribution is 2.25. The lowest BCUT2D eigenvalue weighted by Gasteiger charge is -2.14. The molecular formula is C12H17N. The summed E-state index contributed by atoms with van der Waals surface area (Å²) in [5, 5.41) is 0. The summed E-state index contributed by atoms with van der Waals surface area (Å²) in [6, 6.07) is 0. The van der Waals surface area contributed by atoms with E-state index in [0.29, 0.717) is 0 Å². The highest BCUT2D eigenvalue weighted by atomic mass is 14.6. The molecule has 0 radical (unpaired) electrons. The summed E-state index contributed by atoms with van der Waals surface area (Å²) in [6.07, 6.45) is 12.7.